The van der Waals surface area contributed by atoms with Crippen LogP contribution in [-0.2, 0) is 35.0 Å². The van der Waals surface area contributed by atoms with Gasteiger partial charge in [-0.1, -0.05) is 30.4 Å². The van der Waals surface area contributed by atoms with Gasteiger partial charge in [-0.3, -0.25) is 4.79 Å². The van der Waals surface area contributed by atoms with Crippen molar-refractivity contribution in [3.8, 4) is 0 Å². The van der Waals surface area contributed by atoms with E-state index >= 15 is 0 Å². The molecule has 0 amide bonds. The van der Waals surface area contributed by atoms with Crippen molar-refractivity contribution >= 4 is 28.9 Å². The summed E-state index contributed by atoms with van der Waals surface area (Å²) < 4.78 is 22.3. The van der Waals surface area contributed by atoms with Crippen LogP contribution in [0.2, 0.25) is 0 Å². The number of fused-ring (bicyclic) bond motifs is 3. The number of carbonyl (C=O) groups is 3. The normalized spacial score (nSPS) is 29.0. The zero-order valence-corrected chi connectivity index (χ0v) is 17.5. The van der Waals surface area contributed by atoms with Gasteiger partial charge in [0.05, 0.1) is 18.6 Å². The molecular weight excluding hydrogens is 412 g/mol. The van der Waals surface area contributed by atoms with Crippen LogP contribution in [0.4, 0.5) is 0 Å². The summed E-state index contributed by atoms with van der Waals surface area (Å²) in [5.41, 5.74) is 3.00. The average molecular weight is 434 g/mol. The van der Waals surface area contributed by atoms with Crippen molar-refractivity contribution in [1.29, 1.82) is 0 Å². The van der Waals surface area contributed by atoms with E-state index < -0.39 is 36.0 Å². The van der Waals surface area contributed by atoms with E-state index in [-0.39, 0.29) is 24.5 Å². The number of benzene rings is 1. The minimum absolute atomic E-state index is 0.0223. The van der Waals surface area contributed by atoms with E-state index in [1.54, 1.807) is 18.4 Å². The fourth-order valence-corrected chi connectivity index (χ4v) is 4.63. The summed E-state index contributed by atoms with van der Waals surface area (Å²) in [4.78, 5) is 37.4. The molecule has 2 bridgehead atoms. The van der Waals surface area contributed by atoms with Gasteiger partial charge in [0.2, 0.25) is 0 Å². The number of para-hydroxylation sites is 1. The van der Waals surface area contributed by atoms with Crippen LogP contribution in [0.3, 0.4) is 0 Å². The highest BCUT2D eigenvalue weighted by molar-refractivity contribution is 5.93. The molecule has 2 aromatic rings. The van der Waals surface area contributed by atoms with Crippen molar-refractivity contribution in [3.05, 3.63) is 71.5 Å². The first-order valence-corrected chi connectivity index (χ1v) is 10.5. The lowest BCUT2D eigenvalue weighted by Crippen LogP contribution is -2.33. The minimum atomic E-state index is -0.752. The van der Waals surface area contributed by atoms with Crippen LogP contribution in [-0.4, -0.2) is 36.2 Å². The fourth-order valence-electron chi connectivity index (χ4n) is 4.63. The molecule has 1 fully saturated rings. The molecule has 7 nitrogen and oxygen atoms in total. The Morgan fingerprint density at radius 3 is 2.78 bits per heavy atom. The third kappa shape index (κ3) is 3.64. The van der Waals surface area contributed by atoms with E-state index in [2.05, 4.69) is 6.58 Å². The second-order valence-electron chi connectivity index (χ2n) is 8.44. The van der Waals surface area contributed by atoms with Crippen molar-refractivity contribution in [2.24, 2.45) is 5.92 Å². The van der Waals surface area contributed by atoms with E-state index in [1.807, 2.05) is 31.2 Å². The summed E-state index contributed by atoms with van der Waals surface area (Å²) in [6, 6.07) is 7.46. The Balaban J connectivity index is 1.43. The van der Waals surface area contributed by atoms with Crippen LogP contribution in [0.15, 0.2) is 70.4 Å². The highest BCUT2D eigenvalue weighted by Gasteiger charge is 2.46. The average Bonchev–Trinajstić information content (AvgIpc) is 3.38. The molecular formula is C25H22O7. The summed E-state index contributed by atoms with van der Waals surface area (Å²) >= 11 is 0. The topological polar surface area (TPSA) is 92.0 Å². The molecule has 164 valence electrons. The van der Waals surface area contributed by atoms with Gasteiger partial charge in [0.25, 0.3) is 0 Å². The second-order valence-corrected chi connectivity index (χ2v) is 8.44. The molecule has 1 aromatic heterocycles. The van der Waals surface area contributed by atoms with Crippen molar-refractivity contribution < 1.29 is 33.0 Å². The molecule has 7 heteroatoms. The molecule has 32 heavy (non-hydrogen) atoms. The summed E-state index contributed by atoms with van der Waals surface area (Å²) in [7, 11) is 0. The zero-order chi connectivity index (χ0) is 22.4. The van der Waals surface area contributed by atoms with Crippen molar-refractivity contribution in [3.63, 3.8) is 0 Å². The van der Waals surface area contributed by atoms with Gasteiger partial charge in [-0.05, 0) is 25.1 Å². The third-order valence-electron chi connectivity index (χ3n) is 6.14. The van der Waals surface area contributed by atoms with Crippen molar-refractivity contribution in [1.82, 2.24) is 0 Å². The Morgan fingerprint density at radius 2 is 1.94 bits per heavy atom. The molecule has 0 N–H and O–H groups in total. The number of rotatable bonds is 3. The number of ether oxygens (including phenoxy) is 3. The van der Waals surface area contributed by atoms with E-state index in [9.17, 15) is 14.4 Å². The highest BCUT2D eigenvalue weighted by atomic mass is 16.6. The Kier molecular flexibility index (Phi) is 4.96. The lowest BCUT2D eigenvalue weighted by molar-refractivity contribution is -0.149. The predicted octanol–water partition coefficient (Wildman–Crippen LogP) is 3.58. The standard InChI is InChI=1S/C25H22O7/c1-13-7-17-9-15(25(28)30-17)10-21-23(14(2)24(27)32-21)20(8-13)31-22(26)11-16-12-29-19-6-4-3-5-18(16)19/h3-6,8-9,12,17,20-21,23H,2,7,10-11H2,1H3/b13-8+/t17-,20-,21+,23+/m1/s1. The third-order valence-corrected chi connectivity index (χ3v) is 6.14. The van der Waals surface area contributed by atoms with Crippen LogP contribution < -0.4 is 0 Å². The van der Waals surface area contributed by atoms with Crippen molar-refractivity contribution in [2.75, 3.05) is 0 Å². The summed E-state index contributed by atoms with van der Waals surface area (Å²) in [6.45, 7) is 5.76. The van der Waals surface area contributed by atoms with Gasteiger partial charge >= 0.3 is 17.9 Å². The molecule has 0 spiro atoms. The van der Waals surface area contributed by atoms with E-state index in [1.165, 1.54) is 0 Å². The Hall–Kier alpha value is -3.61. The van der Waals surface area contributed by atoms with Gasteiger partial charge in [-0.2, -0.15) is 0 Å². The maximum absolute atomic E-state index is 12.9. The number of hydrogen-bond acceptors (Lipinski definition) is 7. The fraction of sp³-hybridized carbons (Fsp3) is 0.320. The Morgan fingerprint density at radius 1 is 1.12 bits per heavy atom. The lowest BCUT2D eigenvalue weighted by Gasteiger charge is -2.26. The highest BCUT2D eigenvalue weighted by Crippen LogP contribution is 2.38. The molecule has 1 aromatic carbocycles. The smallest absolute Gasteiger partial charge is 0.334 e. The first-order valence-electron chi connectivity index (χ1n) is 10.5. The molecule has 2 aliphatic heterocycles. The van der Waals surface area contributed by atoms with Crippen LogP contribution in [0.5, 0.6) is 0 Å². The molecule has 0 radical (unpaired) electrons. The molecule has 5 rings (SSSR count). The molecule has 3 heterocycles. The van der Waals surface area contributed by atoms with Gasteiger partial charge in [0.15, 0.2) is 0 Å². The van der Waals surface area contributed by atoms with Gasteiger partial charge in [-0.15, -0.1) is 0 Å². The number of carbonyl (C=O) groups excluding carboxylic acids is 3. The lowest BCUT2D eigenvalue weighted by atomic mass is 9.85. The van der Waals surface area contributed by atoms with Gasteiger partial charge in [0.1, 0.15) is 23.9 Å². The molecule has 4 atom stereocenters. The summed E-state index contributed by atoms with van der Waals surface area (Å²) in [5, 5.41) is 0.850. The van der Waals surface area contributed by atoms with E-state index in [4.69, 9.17) is 18.6 Å². The SMILES string of the molecule is C=C1C(=O)O[C@H]2CC3=C[C@@H](C/C(C)=C/[C@@H](OC(=O)Cc4coc5ccccc45)[C@H]12)OC3=O. The van der Waals surface area contributed by atoms with Crippen LogP contribution in [0.1, 0.15) is 25.3 Å². The Labute approximate surface area is 184 Å². The molecule has 0 unspecified atom stereocenters. The van der Waals surface area contributed by atoms with Crippen LogP contribution >= 0.6 is 0 Å². The van der Waals surface area contributed by atoms with E-state index in [0.29, 0.717) is 17.6 Å². The zero-order valence-electron chi connectivity index (χ0n) is 17.5. The predicted molar refractivity (Wildman–Crippen MR) is 113 cm³/mol. The monoisotopic (exact) mass is 434 g/mol. The molecule has 1 saturated heterocycles. The maximum Gasteiger partial charge on any atom is 0.334 e. The Bertz CT molecular complexity index is 1200. The quantitative estimate of drug-likeness (QED) is 0.316. The minimum Gasteiger partial charge on any atom is -0.464 e. The largest absolute Gasteiger partial charge is 0.464 e. The van der Waals surface area contributed by atoms with E-state index in [0.717, 1.165) is 16.5 Å². The first-order chi connectivity index (χ1) is 15.4. The van der Waals surface area contributed by atoms with Gasteiger partial charge < -0.3 is 18.6 Å². The molecule has 1 aliphatic carbocycles. The van der Waals surface area contributed by atoms with Gasteiger partial charge in [0, 0.05) is 34.9 Å². The maximum atomic E-state index is 12.9. The van der Waals surface area contributed by atoms with Crippen LogP contribution in [0.25, 0.3) is 11.0 Å². The summed E-state index contributed by atoms with van der Waals surface area (Å²) in [6.07, 6.45) is 4.04. The number of hydrogen-bond donors (Lipinski definition) is 0. The van der Waals surface area contributed by atoms with Gasteiger partial charge in [-0.25, -0.2) is 9.59 Å². The molecule has 3 aliphatic rings. The van der Waals surface area contributed by atoms with Crippen molar-refractivity contribution in [2.45, 2.75) is 44.5 Å². The van der Waals surface area contributed by atoms with Crippen LogP contribution in [0, 0.1) is 5.92 Å². The number of furan rings is 1. The molecule has 0 saturated carbocycles. The number of esters is 3. The summed E-state index contributed by atoms with van der Waals surface area (Å²) in [5.74, 6) is -2.00. The first kappa shape index (κ1) is 20.3. The second kappa shape index (κ2) is 7.82.